The molecule has 0 bridgehead atoms. The molecule has 156 valence electrons. The summed E-state index contributed by atoms with van der Waals surface area (Å²) in [6.07, 6.45) is 5.32. The van der Waals surface area contributed by atoms with Crippen molar-refractivity contribution in [2.45, 2.75) is 12.8 Å². The van der Waals surface area contributed by atoms with Crippen LogP contribution in [0.2, 0.25) is 0 Å². The van der Waals surface area contributed by atoms with E-state index in [1.807, 2.05) is 0 Å². The Hall–Kier alpha value is -4.42. The van der Waals surface area contributed by atoms with Gasteiger partial charge in [-0.25, -0.2) is 0 Å². The zero-order valence-electron chi connectivity index (χ0n) is 15.2. The van der Waals surface area contributed by atoms with Crippen LogP contribution in [0.4, 0.5) is 17.1 Å². The van der Waals surface area contributed by atoms with Crippen molar-refractivity contribution in [1.29, 1.82) is 0 Å². The summed E-state index contributed by atoms with van der Waals surface area (Å²) in [4.78, 5) is 43.3. The number of rotatable bonds is 6. The van der Waals surface area contributed by atoms with Gasteiger partial charge in [0.1, 0.15) is 5.69 Å². The zero-order valence-corrected chi connectivity index (χ0v) is 15.2. The maximum absolute atomic E-state index is 11.6. The van der Waals surface area contributed by atoms with Crippen molar-refractivity contribution >= 4 is 22.8 Å². The summed E-state index contributed by atoms with van der Waals surface area (Å²) in [5, 5.41) is 40.2. The number of nitro benzene ring substituents is 3. The van der Waals surface area contributed by atoms with E-state index in [0.717, 1.165) is 12.8 Å². The van der Waals surface area contributed by atoms with E-state index in [0.29, 0.717) is 29.4 Å². The molecule has 0 saturated heterocycles. The van der Waals surface area contributed by atoms with E-state index >= 15 is 0 Å². The number of non-ortho nitro benzene ring substituents is 1. The summed E-state index contributed by atoms with van der Waals surface area (Å²) in [6.45, 7) is 0. The van der Waals surface area contributed by atoms with E-state index in [1.165, 1.54) is 6.08 Å². The van der Waals surface area contributed by atoms with Gasteiger partial charge in [-0.1, -0.05) is 6.07 Å². The fourth-order valence-electron chi connectivity index (χ4n) is 2.24. The summed E-state index contributed by atoms with van der Waals surface area (Å²) in [7, 11) is 0. The minimum Gasteiger partial charge on any atom is -0.497 e. The van der Waals surface area contributed by atoms with E-state index in [9.17, 15) is 35.1 Å². The highest BCUT2D eigenvalue weighted by molar-refractivity contribution is 6.03. The number of pyridine rings is 1. The summed E-state index contributed by atoms with van der Waals surface area (Å²) >= 11 is 0. The number of aromatic nitrogens is 1. The number of phenols is 1. The van der Waals surface area contributed by atoms with Crippen LogP contribution in [0.3, 0.4) is 0 Å². The van der Waals surface area contributed by atoms with E-state index in [1.54, 1.807) is 24.4 Å². The van der Waals surface area contributed by atoms with Gasteiger partial charge in [-0.2, -0.15) is 0 Å². The summed E-state index contributed by atoms with van der Waals surface area (Å²) in [5.41, 5.74) is 3.88. The Morgan fingerprint density at radius 1 is 1.07 bits per heavy atom. The Morgan fingerprint density at radius 2 is 1.63 bits per heavy atom. The van der Waals surface area contributed by atoms with Gasteiger partial charge in [0.15, 0.2) is 0 Å². The molecule has 2 aromatic rings. The lowest BCUT2D eigenvalue weighted by Crippen LogP contribution is -2.05. The highest BCUT2D eigenvalue weighted by atomic mass is 16.6. The van der Waals surface area contributed by atoms with Crippen molar-refractivity contribution in [3.05, 3.63) is 84.3 Å². The number of nitrogens with two attached hydrogens (primary N) is 1. The second-order valence-electron chi connectivity index (χ2n) is 6.10. The number of carbonyl (C=O) groups is 1. The van der Waals surface area contributed by atoms with Gasteiger partial charge in [0, 0.05) is 18.0 Å². The van der Waals surface area contributed by atoms with Gasteiger partial charge in [-0.15, -0.1) is 0 Å². The quantitative estimate of drug-likeness (QED) is 0.304. The monoisotopic (exact) mass is 417 g/mol. The fourth-order valence-corrected chi connectivity index (χ4v) is 2.24. The normalized spacial score (nSPS) is 13.0. The number of aromatic hydroxyl groups is 1. The van der Waals surface area contributed by atoms with Crippen molar-refractivity contribution in [3.8, 4) is 5.75 Å². The van der Waals surface area contributed by atoms with Crippen molar-refractivity contribution < 1.29 is 24.7 Å². The Labute approximate surface area is 167 Å². The molecule has 0 atom stereocenters. The van der Waals surface area contributed by atoms with Gasteiger partial charge >= 0.3 is 11.4 Å². The van der Waals surface area contributed by atoms with Crippen molar-refractivity contribution in [2.75, 3.05) is 0 Å². The first-order chi connectivity index (χ1) is 14.1. The van der Waals surface area contributed by atoms with E-state index < -0.39 is 37.6 Å². The van der Waals surface area contributed by atoms with E-state index in [-0.39, 0.29) is 5.78 Å². The molecule has 1 aromatic carbocycles. The van der Waals surface area contributed by atoms with E-state index in [4.69, 9.17) is 10.8 Å². The van der Waals surface area contributed by atoms with Crippen LogP contribution in [0.1, 0.15) is 23.3 Å². The highest BCUT2D eigenvalue weighted by Crippen LogP contribution is 2.39. The number of phenolic OH excluding ortho intramolecular Hbond substituents is 1. The maximum atomic E-state index is 11.6. The second-order valence-corrected chi connectivity index (χ2v) is 6.10. The predicted molar refractivity (Wildman–Crippen MR) is 102 cm³/mol. The molecule has 1 aromatic heterocycles. The van der Waals surface area contributed by atoms with Crippen molar-refractivity contribution in [1.82, 2.24) is 4.98 Å². The molecule has 30 heavy (non-hydrogen) atoms. The Kier molecular flexibility index (Phi) is 6.70. The van der Waals surface area contributed by atoms with Crippen LogP contribution in [0.5, 0.6) is 5.75 Å². The van der Waals surface area contributed by atoms with Gasteiger partial charge in [-0.05, 0) is 30.9 Å². The molecule has 1 fully saturated rings. The molecule has 13 heteroatoms. The highest BCUT2D eigenvalue weighted by Gasteiger charge is 2.30. The first kappa shape index (κ1) is 21.9. The number of nitrogens with zero attached hydrogens (tertiary/aromatic N) is 4. The Bertz CT molecular complexity index is 999. The largest absolute Gasteiger partial charge is 0.497 e. The van der Waals surface area contributed by atoms with Gasteiger partial charge in [-0.3, -0.25) is 40.1 Å². The molecule has 3 rings (SSSR count). The summed E-state index contributed by atoms with van der Waals surface area (Å²) < 4.78 is 0. The van der Waals surface area contributed by atoms with Gasteiger partial charge in [0.05, 0.1) is 26.9 Å². The first-order valence-corrected chi connectivity index (χ1v) is 8.34. The molecule has 0 spiro atoms. The molecule has 0 unspecified atom stereocenters. The third-order valence-corrected chi connectivity index (χ3v) is 3.92. The molecule has 1 heterocycles. The lowest BCUT2D eigenvalue weighted by Gasteiger charge is -1.97. The standard InChI is InChI=1S/C11H12N2O.C6H3N3O7/c12-9(8-4-5-8)7-11(14)10-3-1-2-6-13-10;10-6-4(8(13)14)1-3(7(11)12)2-5(6)9(15)16/h1-3,6-8H,4-5,12H2;1-2,10H. The van der Waals surface area contributed by atoms with Crippen LogP contribution in [0.15, 0.2) is 48.3 Å². The molecule has 0 radical (unpaired) electrons. The topological polar surface area (TPSA) is 206 Å². The van der Waals surface area contributed by atoms with Crippen LogP contribution in [0.25, 0.3) is 0 Å². The summed E-state index contributed by atoms with van der Waals surface area (Å²) in [5.74, 6) is -0.877. The molecule has 13 nitrogen and oxygen atoms in total. The fraction of sp³-hybridized carbons (Fsp3) is 0.176. The molecule has 1 aliphatic carbocycles. The van der Waals surface area contributed by atoms with Crippen LogP contribution >= 0.6 is 0 Å². The van der Waals surface area contributed by atoms with Crippen LogP contribution in [-0.4, -0.2) is 30.6 Å². The Morgan fingerprint density at radius 3 is 2.03 bits per heavy atom. The predicted octanol–water partition coefficient (Wildman–Crippen LogP) is 2.63. The number of allylic oxidation sites excluding steroid dienone is 2. The molecule has 0 amide bonds. The minimum absolute atomic E-state index is 0.102. The molecule has 3 N–H and O–H groups in total. The third kappa shape index (κ3) is 5.54. The average Bonchev–Trinajstić information content (AvgIpc) is 3.54. The average molecular weight is 417 g/mol. The van der Waals surface area contributed by atoms with Crippen LogP contribution in [-0.2, 0) is 0 Å². The van der Waals surface area contributed by atoms with Gasteiger partial charge in [0.2, 0.25) is 5.78 Å². The summed E-state index contributed by atoms with van der Waals surface area (Å²) in [6, 6.07) is 6.16. The number of ketones is 1. The van der Waals surface area contributed by atoms with Gasteiger partial charge < -0.3 is 10.8 Å². The zero-order chi connectivity index (χ0) is 22.4. The number of hydrogen-bond acceptors (Lipinski definition) is 10. The van der Waals surface area contributed by atoms with E-state index in [2.05, 4.69) is 4.98 Å². The lowest BCUT2D eigenvalue weighted by molar-refractivity contribution is -0.404. The lowest BCUT2D eigenvalue weighted by atomic mass is 10.2. The third-order valence-electron chi connectivity index (χ3n) is 3.92. The molecular formula is C17H15N5O8. The van der Waals surface area contributed by atoms with Crippen LogP contribution in [0, 0.1) is 36.3 Å². The molecule has 0 aliphatic heterocycles. The SMILES string of the molecule is NC(=CC(=O)c1ccccn1)C1CC1.O=[N+]([O-])c1cc([N+](=O)[O-])c(O)c([N+](=O)[O-])c1. The van der Waals surface area contributed by atoms with Crippen molar-refractivity contribution in [2.24, 2.45) is 11.7 Å². The maximum Gasteiger partial charge on any atom is 0.324 e. The van der Waals surface area contributed by atoms with Crippen LogP contribution < -0.4 is 5.73 Å². The minimum atomic E-state index is -1.21. The Balaban J connectivity index is 0.000000215. The first-order valence-electron chi connectivity index (χ1n) is 8.34. The van der Waals surface area contributed by atoms with Crippen molar-refractivity contribution in [3.63, 3.8) is 0 Å². The molecule has 1 aliphatic rings. The molecular weight excluding hydrogens is 402 g/mol. The smallest absolute Gasteiger partial charge is 0.324 e. The molecule has 1 saturated carbocycles. The number of nitro groups is 3. The van der Waals surface area contributed by atoms with Gasteiger partial charge in [0.25, 0.3) is 11.4 Å². The number of benzene rings is 1. The number of carbonyl (C=O) groups excluding carboxylic acids is 1. The second kappa shape index (κ2) is 9.18. The number of hydrogen-bond donors (Lipinski definition) is 2.